The molecule has 1 atom stereocenters. The fourth-order valence-electron chi connectivity index (χ4n) is 1.92. The Morgan fingerprint density at radius 1 is 1.00 bits per heavy atom. The van der Waals surface area contributed by atoms with Gasteiger partial charge in [-0.1, -0.05) is 0 Å². The molecule has 0 aliphatic rings. The molecule has 0 aliphatic heterocycles. The van der Waals surface area contributed by atoms with E-state index in [2.05, 4.69) is 5.32 Å². The lowest BCUT2D eigenvalue weighted by Crippen LogP contribution is -2.22. The Kier molecular flexibility index (Phi) is 5.98. The van der Waals surface area contributed by atoms with Crippen molar-refractivity contribution < 1.29 is 41.3 Å². The molecule has 2 aromatic carbocycles. The van der Waals surface area contributed by atoms with Crippen molar-refractivity contribution in [3.8, 4) is 11.5 Å². The second-order valence-corrected chi connectivity index (χ2v) is 5.23. The zero-order valence-corrected chi connectivity index (χ0v) is 12.9. The summed E-state index contributed by atoms with van der Waals surface area (Å²) < 4.78 is 83.7. The highest BCUT2D eigenvalue weighted by molar-refractivity contribution is 5.50. The summed E-state index contributed by atoms with van der Waals surface area (Å²) in [6, 6.07) is 3.19. The van der Waals surface area contributed by atoms with Crippen molar-refractivity contribution in [3.05, 3.63) is 53.3 Å². The molecule has 0 fully saturated rings. The molecule has 1 unspecified atom stereocenters. The summed E-state index contributed by atoms with van der Waals surface area (Å²) >= 11 is 0. The van der Waals surface area contributed by atoms with Gasteiger partial charge < -0.3 is 20.3 Å². The minimum absolute atomic E-state index is 0.0377. The number of anilines is 1. The van der Waals surface area contributed by atoms with Crippen LogP contribution in [0.4, 0.5) is 32.0 Å². The van der Waals surface area contributed by atoms with E-state index in [9.17, 15) is 31.4 Å². The van der Waals surface area contributed by atoms with Crippen molar-refractivity contribution in [2.24, 2.45) is 0 Å². The van der Waals surface area contributed by atoms with Crippen LogP contribution in [0.2, 0.25) is 0 Å². The van der Waals surface area contributed by atoms with Crippen molar-refractivity contribution >= 4 is 5.69 Å². The maximum Gasteiger partial charge on any atom is 0.416 e. The van der Waals surface area contributed by atoms with Gasteiger partial charge in [-0.2, -0.15) is 13.2 Å². The second kappa shape index (κ2) is 7.83. The second-order valence-electron chi connectivity index (χ2n) is 5.23. The van der Waals surface area contributed by atoms with Gasteiger partial charge in [-0.15, -0.1) is 0 Å². The van der Waals surface area contributed by atoms with E-state index < -0.39 is 53.4 Å². The Hall–Kier alpha value is -2.46. The number of aliphatic hydroxyl groups is 2. The van der Waals surface area contributed by atoms with Crippen LogP contribution >= 0.6 is 0 Å². The third-order valence-corrected chi connectivity index (χ3v) is 3.22. The molecule has 0 heterocycles. The summed E-state index contributed by atoms with van der Waals surface area (Å²) in [5, 5.41) is 20.6. The average Bonchev–Trinajstić information content (AvgIpc) is 2.56. The van der Waals surface area contributed by atoms with Crippen LogP contribution in [-0.4, -0.2) is 29.5 Å². The molecule has 2 rings (SSSR count). The van der Waals surface area contributed by atoms with Gasteiger partial charge in [-0.05, 0) is 24.3 Å². The van der Waals surface area contributed by atoms with E-state index in [1.54, 1.807) is 0 Å². The monoisotopic (exact) mass is 381 g/mol. The Morgan fingerprint density at radius 3 is 2.15 bits per heavy atom. The quantitative estimate of drug-likeness (QED) is 0.668. The zero-order chi connectivity index (χ0) is 19.5. The van der Waals surface area contributed by atoms with Crippen molar-refractivity contribution in [3.63, 3.8) is 0 Å². The van der Waals surface area contributed by atoms with E-state index in [1.165, 1.54) is 6.07 Å². The van der Waals surface area contributed by atoms with E-state index in [0.717, 1.165) is 12.1 Å². The highest BCUT2D eigenvalue weighted by Gasteiger charge is 2.33. The van der Waals surface area contributed by atoms with Gasteiger partial charge in [0.2, 0.25) is 0 Å². The first-order valence-corrected chi connectivity index (χ1v) is 7.18. The first-order valence-electron chi connectivity index (χ1n) is 7.18. The normalized spacial score (nSPS) is 12.8. The van der Waals surface area contributed by atoms with Gasteiger partial charge in [0.05, 0.1) is 18.3 Å². The van der Waals surface area contributed by atoms with Crippen LogP contribution in [0, 0.1) is 17.5 Å². The highest BCUT2D eigenvalue weighted by atomic mass is 19.4. The molecule has 0 saturated carbocycles. The maximum atomic E-state index is 13.8. The van der Waals surface area contributed by atoms with Crippen molar-refractivity contribution in [2.45, 2.75) is 12.3 Å². The van der Waals surface area contributed by atoms with Gasteiger partial charge in [-0.3, -0.25) is 0 Å². The van der Waals surface area contributed by atoms with Crippen LogP contribution in [0.5, 0.6) is 11.5 Å². The molecule has 0 radical (unpaired) electrons. The summed E-state index contributed by atoms with van der Waals surface area (Å²) in [5.41, 5.74) is -1.37. The number of aliphatic hydroxyl groups excluding tert-OH is 2. The van der Waals surface area contributed by atoms with E-state index in [1.807, 2.05) is 0 Å². The molecular formula is C16H13F6NO3. The average molecular weight is 381 g/mol. The number of hydrogen-bond donors (Lipinski definition) is 3. The number of nitrogens with one attached hydrogen (secondary N) is 1. The number of rotatable bonds is 6. The molecule has 3 N–H and O–H groups in total. The Morgan fingerprint density at radius 2 is 1.62 bits per heavy atom. The molecule has 0 aromatic heterocycles. The summed E-state index contributed by atoms with van der Waals surface area (Å²) in [5.74, 6) is -6.15. The lowest BCUT2D eigenvalue weighted by atomic mass is 10.2. The van der Waals surface area contributed by atoms with Crippen molar-refractivity contribution in [1.82, 2.24) is 0 Å². The van der Waals surface area contributed by atoms with Crippen LogP contribution in [0.15, 0.2) is 30.3 Å². The Labute approximate surface area is 143 Å². The Balaban J connectivity index is 2.28. The number of halogens is 6. The van der Waals surface area contributed by atoms with Crippen LogP contribution in [-0.2, 0) is 6.18 Å². The largest absolute Gasteiger partial charge is 0.448 e. The molecule has 142 valence electrons. The fourth-order valence-corrected chi connectivity index (χ4v) is 1.92. The zero-order valence-electron chi connectivity index (χ0n) is 12.9. The van der Waals surface area contributed by atoms with Gasteiger partial charge in [0, 0.05) is 18.3 Å². The predicted molar refractivity (Wildman–Crippen MR) is 79.4 cm³/mol. The van der Waals surface area contributed by atoms with E-state index in [4.69, 9.17) is 9.84 Å². The van der Waals surface area contributed by atoms with Gasteiger partial charge in [-0.25, -0.2) is 13.2 Å². The number of benzene rings is 2. The van der Waals surface area contributed by atoms with Gasteiger partial charge in [0.25, 0.3) is 0 Å². The van der Waals surface area contributed by atoms with Gasteiger partial charge in [0.1, 0.15) is 0 Å². The van der Waals surface area contributed by atoms with E-state index >= 15 is 0 Å². The lowest BCUT2D eigenvalue weighted by molar-refractivity contribution is -0.138. The van der Waals surface area contributed by atoms with Gasteiger partial charge in [0.15, 0.2) is 29.0 Å². The summed E-state index contributed by atoms with van der Waals surface area (Å²) in [6.45, 7) is -0.635. The van der Waals surface area contributed by atoms with Gasteiger partial charge >= 0.3 is 6.18 Å². The van der Waals surface area contributed by atoms with Crippen LogP contribution in [0.25, 0.3) is 0 Å². The number of ether oxygens (including phenoxy) is 1. The minimum Gasteiger partial charge on any atom is -0.448 e. The molecule has 0 bridgehead atoms. The summed E-state index contributed by atoms with van der Waals surface area (Å²) in [7, 11) is 0. The molecule has 4 nitrogen and oxygen atoms in total. The standard InChI is InChI=1S/C16H13F6NO3/c17-11-2-1-9(23-6-10(25)7-24)5-14(11)26-15-12(18)3-8(4-13(15)19)16(20,21)22/h1-5,10,23-25H,6-7H2. The fraction of sp³-hybridized carbons (Fsp3) is 0.250. The number of alkyl halides is 3. The van der Waals surface area contributed by atoms with E-state index in [0.29, 0.717) is 0 Å². The summed E-state index contributed by atoms with van der Waals surface area (Å²) in [4.78, 5) is 0. The van der Waals surface area contributed by atoms with E-state index in [-0.39, 0.29) is 24.4 Å². The molecular weight excluding hydrogens is 368 g/mol. The predicted octanol–water partition coefficient (Wildman–Crippen LogP) is 3.68. The van der Waals surface area contributed by atoms with Crippen molar-refractivity contribution in [1.29, 1.82) is 0 Å². The third kappa shape index (κ3) is 4.79. The van der Waals surface area contributed by atoms with Crippen LogP contribution in [0.1, 0.15) is 5.56 Å². The molecule has 26 heavy (non-hydrogen) atoms. The number of hydrogen-bond acceptors (Lipinski definition) is 4. The van der Waals surface area contributed by atoms with Crippen LogP contribution in [0.3, 0.4) is 0 Å². The SMILES string of the molecule is OCC(O)CNc1ccc(F)c(Oc2c(F)cc(C(F)(F)F)cc2F)c1. The molecule has 0 spiro atoms. The molecule has 0 aliphatic carbocycles. The molecule has 0 amide bonds. The minimum atomic E-state index is -4.96. The van der Waals surface area contributed by atoms with Crippen molar-refractivity contribution in [2.75, 3.05) is 18.5 Å². The maximum absolute atomic E-state index is 13.8. The topological polar surface area (TPSA) is 61.7 Å². The third-order valence-electron chi connectivity index (χ3n) is 3.22. The first kappa shape index (κ1) is 19.9. The highest BCUT2D eigenvalue weighted by Crippen LogP contribution is 2.36. The first-order chi connectivity index (χ1) is 12.1. The van der Waals surface area contributed by atoms with Crippen LogP contribution < -0.4 is 10.1 Å². The Bertz CT molecular complexity index is 758. The lowest BCUT2D eigenvalue weighted by Gasteiger charge is -2.14. The summed E-state index contributed by atoms with van der Waals surface area (Å²) in [6.07, 6.45) is -6.06. The smallest absolute Gasteiger partial charge is 0.416 e. The molecule has 10 heteroatoms. The molecule has 0 saturated heterocycles. The molecule has 2 aromatic rings.